The molecule has 1 aliphatic carbocycles. The fourth-order valence-corrected chi connectivity index (χ4v) is 2.96. The molecule has 1 saturated carbocycles. The summed E-state index contributed by atoms with van der Waals surface area (Å²) in [5.74, 6) is 0.303. The van der Waals surface area contributed by atoms with E-state index in [1.165, 1.54) is 12.8 Å². The quantitative estimate of drug-likeness (QED) is 0.764. The summed E-state index contributed by atoms with van der Waals surface area (Å²) in [6.45, 7) is 7.36. The van der Waals surface area contributed by atoms with E-state index >= 15 is 0 Å². The van der Waals surface area contributed by atoms with Crippen LogP contribution in [-0.2, 0) is 4.79 Å². The van der Waals surface area contributed by atoms with Gasteiger partial charge in [0.05, 0.1) is 12.2 Å². The molecule has 0 aromatic rings. The van der Waals surface area contributed by atoms with Crippen LogP contribution in [0.25, 0.3) is 0 Å². The second-order valence-electron chi connectivity index (χ2n) is 6.27. The van der Waals surface area contributed by atoms with Gasteiger partial charge in [0, 0.05) is 18.6 Å². The molecule has 1 heterocycles. The molecule has 2 fully saturated rings. The van der Waals surface area contributed by atoms with Crippen LogP contribution in [0.15, 0.2) is 0 Å². The van der Waals surface area contributed by atoms with Crippen LogP contribution in [0.3, 0.4) is 0 Å². The van der Waals surface area contributed by atoms with Gasteiger partial charge in [-0.25, -0.2) is 0 Å². The van der Waals surface area contributed by atoms with E-state index in [1.807, 2.05) is 4.90 Å². The van der Waals surface area contributed by atoms with Crippen LogP contribution in [0.4, 0.5) is 0 Å². The summed E-state index contributed by atoms with van der Waals surface area (Å²) in [6, 6.07) is 1.26. The third-order valence-electron chi connectivity index (χ3n) is 4.62. The molecular weight excluding hydrogens is 238 g/mol. The fourth-order valence-electron chi connectivity index (χ4n) is 2.96. The highest BCUT2D eigenvalue weighted by molar-refractivity contribution is 5.84. The second-order valence-corrected chi connectivity index (χ2v) is 6.27. The van der Waals surface area contributed by atoms with Crippen molar-refractivity contribution >= 4 is 5.91 Å². The fraction of sp³-hybridized carbons (Fsp3) is 0.933. The molecule has 2 rings (SSSR count). The topological polar surface area (TPSA) is 35.6 Å². The number of carbonyl (C=O) groups excluding carboxylic acids is 1. The van der Waals surface area contributed by atoms with Gasteiger partial charge in [0.25, 0.3) is 0 Å². The summed E-state index contributed by atoms with van der Waals surface area (Å²) in [5, 5.41) is 3.44. The zero-order valence-corrected chi connectivity index (χ0v) is 12.9. The van der Waals surface area contributed by atoms with Crippen LogP contribution in [0.5, 0.6) is 0 Å². The Morgan fingerprint density at radius 3 is 2.74 bits per heavy atom. The summed E-state index contributed by atoms with van der Waals surface area (Å²) in [5.41, 5.74) is 0. The molecule has 0 radical (unpaired) electrons. The number of likely N-dealkylation sites (N-methyl/N-ethyl adjacent to an activating group) is 1. The van der Waals surface area contributed by atoms with Crippen molar-refractivity contribution in [3.05, 3.63) is 0 Å². The first kappa shape index (κ1) is 14.8. The maximum atomic E-state index is 12.4. The summed E-state index contributed by atoms with van der Waals surface area (Å²) in [7, 11) is 2.19. The SMILES string of the molecule is CCCCC1NC(C)N(CC(C)N(C)C2CC2)C1=O. The Hall–Kier alpha value is -0.610. The van der Waals surface area contributed by atoms with Gasteiger partial charge in [-0.05, 0) is 40.2 Å². The number of hydrogen-bond donors (Lipinski definition) is 1. The van der Waals surface area contributed by atoms with E-state index in [2.05, 4.69) is 38.0 Å². The Balaban J connectivity index is 1.86. The number of amides is 1. The lowest BCUT2D eigenvalue weighted by Crippen LogP contribution is -2.45. The smallest absolute Gasteiger partial charge is 0.241 e. The summed E-state index contributed by atoms with van der Waals surface area (Å²) >= 11 is 0. The molecule has 1 aliphatic heterocycles. The highest BCUT2D eigenvalue weighted by Gasteiger charge is 2.38. The van der Waals surface area contributed by atoms with Gasteiger partial charge in [0.2, 0.25) is 5.91 Å². The lowest BCUT2D eigenvalue weighted by molar-refractivity contribution is -0.130. The van der Waals surface area contributed by atoms with Crippen molar-refractivity contribution in [2.75, 3.05) is 13.6 Å². The minimum absolute atomic E-state index is 0.0494. The van der Waals surface area contributed by atoms with Crippen molar-refractivity contribution in [1.82, 2.24) is 15.1 Å². The van der Waals surface area contributed by atoms with Crippen LogP contribution < -0.4 is 5.32 Å². The lowest BCUT2D eigenvalue weighted by atomic mass is 10.1. The van der Waals surface area contributed by atoms with Gasteiger partial charge in [0.1, 0.15) is 0 Å². The van der Waals surface area contributed by atoms with Gasteiger partial charge in [-0.2, -0.15) is 0 Å². The van der Waals surface area contributed by atoms with Gasteiger partial charge < -0.3 is 4.90 Å². The van der Waals surface area contributed by atoms with Crippen molar-refractivity contribution in [2.24, 2.45) is 0 Å². The van der Waals surface area contributed by atoms with Crippen molar-refractivity contribution in [3.8, 4) is 0 Å². The maximum Gasteiger partial charge on any atom is 0.241 e. The molecule has 2 aliphatic rings. The molecule has 0 aromatic carbocycles. The highest BCUT2D eigenvalue weighted by atomic mass is 16.2. The predicted octanol–water partition coefficient (Wildman–Crippen LogP) is 1.81. The number of rotatable bonds is 7. The molecule has 1 saturated heterocycles. The number of carbonyl (C=O) groups is 1. The number of nitrogens with one attached hydrogen (secondary N) is 1. The Morgan fingerprint density at radius 1 is 1.47 bits per heavy atom. The van der Waals surface area contributed by atoms with Crippen LogP contribution in [0.1, 0.15) is 52.9 Å². The molecule has 19 heavy (non-hydrogen) atoms. The first-order valence-electron chi connectivity index (χ1n) is 7.83. The van der Waals surface area contributed by atoms with Crippen molar-refractivity contribution in [3.63, 3.8) is 0 Å². The molecule has 1 amide bonds. The minimum Gasteiger partial charge on any atom is -0.325 e. The van der Waals surface area contributed by atoms with E-state index in [0.29, 0.717) is 11.9 Å². The minimum atomic E-state index is 0.0494. The van der Waals surface area contributed by atoms with E-state index in [1.54, 1.807) is 0 Å². The summed E-state index contributed by atoms with van der Waals surface area (Å²) in [6.07, 6.45) is 6.08. The molecule has 3 atom stereocenters. The molecule has 1 N–H and O–H groups in total. The number of hydrogen-bond acceptors (Lipinski definition) is 3. The number of unbranched alkanes of at least 4 members (excludes halogenated alkanes) is 1. The van der Waals surface area contributed by atoms with Crippen LogP contribution >= 0.6 is 0 Å². The van der Waals surface area contributed by atoms with E-state index in [9.17, 15) is 4.79 Å². The Labute approximate surface area is 117 Å². The normalized spacial score (nSPS) is 29.3. The Bertz CT molecular complexity index is 317. The first-order chi connectivity index (χ1) is 9.04. The molecule has 0 bridgehead atoms. The molecule has 4 heteroatoms. The zero-order valence-electron chi connectivity index (χ0n) is 12.9. The molecule has 3 unspecified atom stereocenters. The molecule has 0 spiro atoms. The third kappa shape index (κ3) is 3.48. The monoisotopic (exact) mass is 267 g/mol. The van der Waals surface area contributed by atoms with Gasteiger partial charge in [0.15, 0.2) is 0 Å². The molecule has 110 valence electrons. The summed E-state index contributed by atoms with van der Waals surface area (Å²) in [4.78, 5) is 16.9. The van der Waals surface area contributed by atoms with Gasteiger partial charge >= 0.3 is 0 Å². The van der Waals surface area contributed by atoms with Gasteiger partial charge in [-0.3, -0.25) is 15.0 Å². The van der Waals surface area contributed by atoms with E-state index in [4.69, 9.17) is 0 Å². The van der Waals surface area contributed by atoms with Crippen LogP contribution in [-0.4, -0.2) is 53.6 Å². The molecule has 0 aromatic heterocycles. The Morgan fingerprint density at radius 2 is 2.16 bits per heavy atom. The molecular formula is C15H29N3O. The zero-order chi connectivity index (χ0) is 14.0. The highest BCUT2D eigenvalue weighted by Crippen LogP contribution is 2.27. The van der Waals surface area contributed by atoms with Crippen LogP contribution in [0, 0.1) is 0 Å². The average molecular weight is 267 g/mol. The predicted molar refractivity (Wildman–Crippen MR) is 77.9 cm³/mol. The standard InChI is InChI=1S/C15H29N3O/c1-5-6-7-14-15(19)18(12(3)16-14)10-11(2)17(4)13-8-9-13/h11-14,16H,5-10H2,1-4H3. The van der Waals surface area contributed by atoms with Gasteiger partial charge in [-0.15, -0.1) is 0 Å². The maximum absolute atomic E-state index is 12.4. The Kier molecular flexibility index (Phi) is 4.85. The second kappa shape index (κ2) is 6.23. The number of nitrogens with zero attached hydrogens (tertiary/aromatic N) is 2. The van der Waals surface area contributed by atoms with E-state index in [-0.39, 0.29) is 12.2 Å². The van der Waals surface area contributed by atoms with Crippen molar-refractivity contribution < 1.29 is 4.79 Å². The summed E-state index contributed by atoms with van der Waals surface area (Å²) < 4.78 is 0. The average Bonchev–Trinajstić information content (AvgIpc) is 3.19. The van der Waals surface area contributed by atoms with Crippen molar-refractivity contribution in [2.45, 2.75) is 77.2 Å². The largest absolute Gasteiger partial charge is 0.325 e. The lowest BCUT2D eigenvalue weighted by Gasteiger charge is -2.30. The first-order valence-corrected chi connectivity index (χ1v) is 7.83. The van der Waals surface area contributed by atoms with E-state index < -0.39 is 0 Å². The van der Waals surface area contributed by atoms with Crippen LogP contribution in [0.2, 0.25) is 0 Å². The molecule has 4 nitrogen and oxygen atoms in total. The third-order valence-corrected chi connectivity index (χ3v) is 4.62. The van der Waals surface area contributed by atoms with E-state index in [0.717, 1.165) is 31.8 Å². The van der Waals surface area contributed by atoms with Gasteiger partial charge in [-0.1, -0.05) is 19.8 Å². The van der Waals surface area contributed by atoms with Crippen molar-refractivity contribution in [1.29, 1.82) is 0 Å².